The molecule has 1 aliphatic heterocycles. The van der Waals surface area contributed by atoms with Crippen LogP contribution in [-0.4, -0.2) is 46.4 Å². The molecule has 0 radical (unpaired) electrons. The largest absolute Gasteiger partial charge is 0.573 e. The molecule has 1 saturated heterocycles. The molecule has 0 saturated carbocycles. The molecule has 30 heavy (non-hydrogen) atoms. The number of likely N-dealkylation sites (tertiary alicyclic amines) is 1. The van der Waals surface area contributed by atoms with Gasteiger partial charge < -0.3 is 9.47 Å². The number of nitrogens with one attached hydrogen (secondary N) is 1. The smallest absolute Gasteiger partial charge is 0.496 e. The molecule has 0 aromatic heterocycles. The fraction of sp³-hybridized carbons (Fsp3) is 0.400. The third-order valence-corrected chi connectivity index (χ3v) is 6.35. The highest BCUT2D eigenvalue weighted by atomic mass is 32.2. The van der Waals surface area contributed by atoms with Crippen molar-refractivity contribution in [2.75, 3.05) is 26.7 Å². The van der Waals surface area contributed by atoms with E-state index >= 15 is 0 Å². The van der Waals surface area contributed by atoms with Crippen molar-refractivity contribution in [2.24, 2.45) is 0 Å². The minimum atomic E-state index is -4.84. The van der Waals surface area contributed by atoms with Gasteiger partial charge in [0.25, 0.3) is 0 Å². The highest BCUT2D eigenvalue weighted by molar-refractivity contribution is 7.89. The van der Waals surface area contributed by atoms with Gasteiger partial charge in [-0.3, -0.25) is 4.90 Å². The number of ether oxygens (including phenoxy) is 2. The molecule has 0 bridgehead atoms. The quantitative estimate of drug-likeness (QED) is 0.673. The third kappa shape index (κ3) is 5.65. The maximum atomic E-state index is 12.7. The summed E-state index contributed by atoms with van der Waals surface area (Å²) in [6.45, 7) is 1.78. The molecular weight excluding hydrogens is 421 g/mol. The van der Waals surface area contributed by atoms with Gasteiger partial charge in [0.2, 0.25) is 10.0 Å². The molecule has 3 rings (SSSR count). The first-order chi connectivity index (χ1) is 14.2. The normalized spacial score (nSPS) is 16.4. The van der Waals surface area contributed by atoms with Crippen LogP contribution in [-0.2, 0) is 10.0 Å². The van der Waals surface area contributed by atoms with Gasteiger partial charge in [0.15, 0.2) is 0 Å². The summed E-state index contributed by atoms with van der Waals surface area (Å²) in [4.78, 5) is 2.05. The van der Waals surface area contributed by atoms with Crippen molar-refractivity contribution in [1.82, 2.24) is 9.62 Å². The van der Waals surface area contributed by atoms with Crippen LogP contribution in [0.3, 0.4) is 0 Å². The molecular formula is C20H23F3N2O4S. The predicted octanol–water partition coefficient (Wildman–Crippen LogP) is 3.71. The highest BCUT2D eigenvalue weighted by Gasteiger charge is 2.31. The average Bonchev–Trinajstić information content (AvgIpc) is 3.22. The Hall–Kier alpha value is -2.30. The van der Waals surface area contributed by atoms with Crippen molar-refractivity contribution in [2.45, 2.75) is 30.1 Å². The number of rotatable bonds is 8. The average molecular weight is 444 g/mol. The van der Waals surface area contributed by atoms with Gasteiger partial charge in [-0.25, -0.2) is 13.1 Å². The molecule has 2 aromatic rings. The Morgan fingerprint density at radius 3 is 2.30 bits per heavy atom. The number of sulfonamides is 1. The number of hydrogen-bond donors (Lipinski definition) is 1. The van der Waals surface area contributed by atoms with Gasteiger partial charge >= 0.3 is 6.36 Å². The fourth-order valence-corrected chi connectivity index (χ4v) is 4.56. The first kappa shape index (κ1) is 22.4. The second-order valence-electron chi connectivity index (χ2n) is 6.87. The Morgan fingerprint density at radius 1 is 1.07 bits per heavy atom. The van der Waals surface area contributed by atoms with E-state index in [0.717, 1.165) is 55.8 Å². The Morgan fingerprint density at radius 2 is 1.70 bits per heavy atom. The van der Waals surface area contributed by atoms with Crippen LogP contribution in [0.4, 0.5) is 13.2 Å². The van der Waals surface area contributed by atoms with Crippen LogP contribution in [0.15, 0.2) is 53.4 Å². The molecule has 6 nitrogen and oxygen atoms in total. The zero-order valence-electron chi connectivity index (χ0n) is 16.4. The van der Waals surface area contributed by atoms with E-state index in [9.17, 15) is 21.6 Å². The second kappa shape index (κ2) is 9.23. The van der Waals surface area contributed by atoms with Crippen LogP contribution in [0, 0.1) is 0 Å². The second-order valence-corrected chi connectivity index (χ2v) is 8.64. The third-order valence-electron chi connectivity index (χ3n) is 4.91. The Kier molecular flexibility index (Phi) is 6.89. The summed E-state index contributed by atoms with van der Waals surface area (Å²) in [7, 11) is -2.36. The highest BCUT2D eigenvalue weighted by Crippen LogP contribution is 2.31. The summed E-state index contributed by atoms with van der Waals surface area (Å²) in [5, 5.41) is 0. The zero-order chi connectivity index (χ0) is 21.8. The van der Waals surface area contributed by atoms with Crippen LogP contribution < -0.4 is 14.2 Å². The summed E-state index contributed by atoms with van der Waals surface area (Å²) in [6.07, 6.45) is -2.78. The molecule has 1 heterocycles. The maximum absolute atomic E-state index is 12.7. The van der Waals surface area contributed by atoms with Crippen molar-refractivity contribution in [3.63, 3.8) is 0 Å². The molecule has 0 aliphatic carbocycles. The van der Waals surface area contributed by atoms with Crippen molar-refractivity contribution < 1.29 is 31.1 Å². The minimum absolute atomic E-state index is 0.101. The number of nitrogens with zero attached hydrogens (tertiary/aromatic N) is 1. The Bertz CT molecular complexity index is 943. The Balaban J connectivity index is 1.77. The van der Waals surface area contributed by atoms with Crippen molar-refractivity contribution in [3.8, 4) is 11.5 Å². The summed E-state index contributed by atoms with van der Waals surface area (Å²) >= 11 is 0. The number of para-hydroxylation sites is 1. The van der Waals surface area contributed by atoms with E-state index < -0.39 is 22.1 Å². The summed E-state index contributed by atoms with van der Waals surface area (Å²) < 4.78 is 74.1. The van der Waals surface area contributed by atoms with E-state index in [2.05, 4.69) is 14.4 Å². The number of halogens is 3. The van der Waals surface area contributed by atoms with Crippen molar-refractivity contribution in [3.05, 3.63) is 54.1 Å². The monoisotopic (exact) mass is 444 g/mol. The lowest BCUT2D eigenvalue weighted by molar-refractivity contribution is -0.274. The lowest BCUT2D eigenvalue weighted by Gasteiger charge is -2.29. The van der Waals surface area contributed by atoms with E-state index in [1.807, 2.05) is 24.3 Å². The maximum Gasteiger partial charge on any atom is 0.573 e. The number of methoxy groups -OCH3 is 1. The summed E-state index contributed by atoms with van der Waals surface area (Å²) in [5.41, 5.74) is 0.874. The molecule has 1 fully saturated rings. The number of benzene rings is 2. The first-order valence-electron chi connectivity index (χ1n) is 9.42. The topological polar surface area (TPSA) is 67.9 Å². The van der Waals surface area contributed by atoms with Gasteiger partial charge in [0.1, 0.15) is 11.5 Å². The molecule has 1 atom stereocenters. The number of hydrogen-bond acceptors (Lipinski definition) is 5. The summed E-state index contributed by atoms with van der Waals surface area (Å²) in [6, 6.07) is 11.3. The molecule has 2 aromatic carbocycles. The molecule has 0 amide bonds. The van der Waals surface area contributed by atoms with E-state index in [-0.39, 0.29) is 17.5 Å². The van der Waals surface area contributed by atoms with Crippen molar-refractivity contribution >= 4 is 10.0 Å². The van der Waals surface area contributed by atoms with Gasteiger partial charge in [-0.2, -0.15) is 0 Å². The molecule has 0 spiro atoms. The number of alkyl halides is 3. The molecule has 10 heteroatoms. The van der Waals surface area contributed by atoms with Gasteiger partial charge in [-0.1, -0.05) is 18.2 Å². The standard InChI is InChI=1S/C20H23F3N2O4S/c1-28-19-7-3-2-6-17(19)18(25-12-4-5-13-25)14-24-30(26,27)16-10-8-15(9-11-16)29-20(21,22)23/h2-3,6-11,18,24H,4-5,12-14H2,1H3/t18-/m0/s1. The molecule has 1 aliphatic rings. The van der Waals surface area contributed by atoms with Crippen LogP contribution in [0.1, 0.15) is 24.4 Å². The van der Waals surface area contributed by atoms with E-state index in [1.54, 1.807) is 7.11 Å². The van der Waals surface area contributed by atoms with Gasteiger partial charge in [0, 0.05) is 12.1 Å². The predicted molar refractivity (Wildman–Crippen MR) is 105 cm³/mol. The molecule has 0 unspecified atom stereocenters. The zero-order valence-corrected chi connectivity index (χ0v) is 17.2. The van der Waals surface area contributed by atoms with E-state index in [4.69, 9.17) is 4.74 Å². The van der Waals surface area contributed by atoms with Crippen LogP contribution in [0.25, 0.3) is 0 Å². The van der Waals surface area contributed by atoms with Crippen LogP contribution in [0.2, 0.25) is 0 Å². The van der Waals surface area contributed by atoms with Crippen molar-refractivity contribution in [1.29, 1.82) is 0 Å². The van der Waals surface area contributed by atoms with E-state index in [1.165, 1.54) is 0 Å². The van der Waals surface area contributed by atoms with Crippen LogP contribution in [0.5, 0.6) is 11.5 Å². The molecule has 1 N–H and O–H groups in total. The van der Waals surface area contributed by atoms with Gasteiger partial charge in [-0.05, 0) is 56.3 Å². The fourth-order valence-electron chi connectivity index (χ4n) is 3.52. The molecule has 164 valence electrons. The Labute approximate surface area is 173 Å². The first-order valence-corrected chi connectivity index (χ1v) is 10.9. The SMILES string of the molecule is COc1ccccc1[C@H](CNS(=O)(=O)c1ccc(OC(F)(F)F)cc1)N1CCCC1. The van der Waals surface area contributed by atoms with Crippen LogP contribution >= 0.6 is 0 Å². The summed E-state index contributed by atoms with van der Waals surface area (Å²) in [5.74, 6) is 0.188. The minimum Gasteiger partial charge on any atom is -0.496 e. The lowest BCUT2D eigenvalue weighted by atomic mass is 10.0. The van der Waals surface area contributed by atoms with Gasteiger partial charge in [0.05, 0.1) is 18.0 Å². The lowest BCUT2D eigenvalue weighted by Crippen LogP contribution is -2.37. The van der Waals surface area contributed by atoms with Gasteiger partial charge in [-0.15, -0.1) is 13.2 Å². The van der Waals surface area contributed by atoms with E-state index in [0.29, 0.717) is 5.75 Å².